The molecule has 0 spiro atoms. The van der Waals surface area contributed by atoms with Gasteiger partial charge in [0.15, 0.2) is 0 Å². The van der Waals surface area contributed by atoms with E-state index in [2.05, 4.69) is 5.32 Å². The quantitative estimate of drug-likeness (QED) is 0.493. The van der Waals surface area contributed by atoms with Crippen LogP contribution in [-0.4, -0.2) is 57.1 Å². The molecule has 0 aromatic heterocycles. The molecule has 196 valence electrons. The third kappa shape index (κ3) is 7.22. The number of carbonyl (C=O) groups is 2. The Morgan fingerprint density at radius 2 is 1.81 bits per heavy atom. The minimum Gasteiger partial charge on any atom is -0.497 e. The van der Waals surface area contributed by atoms with E-state index in [-0.39, 0.29) is 18.5 Å². The predicted octanol–water partition coefficient (Wildman–Crippen LogP) is 3.64. The number of hydrogen-bond acceptors (Lipinski definition) is 5. The van der Waals surface area contributed by atoms with Gasteiger partial charge in [-0.15, -0.1) is 0 Å². The number of amides is 2. The van der Waals surface area contributed by atoms with Crippen LogP contribution in [0.4, 0.5) is 5.69 Å². The van der Waals surface area contributed by atoms with Crippen LogP contribution in [0.15, 0.2) is 48.5 Å². The van der Waals surface area contributed by atoms with Crippen LogP contribution in [0.25, 0.3) is 0 Å². The second-order valence-electron chi connectivity index (χ2n) is 9.40. The third-order valence-corrected chi connectivity index (χ3v) is 7.68. The van der Waals surface area contributed by atoms with Crippen molar-refractivity contribution in [2.24, 2.45) is 0 Å². The number of nitrogens with one attached hydrogen (secondary N) is 1. The summed E-state index contributed by atoms with van der Waals surface area (Å²) in [5.74, 6) is -0.0128. The van der Waals surface area contributed by atoms with Crippen LogP contribution < -0.4 is 14.4 Å². The first-order valence-corrected chi connectivity index (χ1v) is 14.2. The fourth-order valence-corrected chi connectivity index (χ4v) is 5.49. The molecule has 3 rings (SSSR count). The molecule has 1 N–H and O–H groups in total. The molecular formula is C27H37N3O5S. The number of anilines is 1. The summed E-state index contributed by atoms with van der Waals surface area (Å²) in [7, 11) is -2.19. The Morgan fingerprint density at radius 1 is 1.11 bits per heavy atom. The number of carbonyl (C=O) groups excluding carboxylic acids is 2. The van der Waals surface area contributed by atoms with E-state index < -0.39 is 28.5 Å². The molecule has 1 saturated carbocycles. The summed E-state index contributed by atoms with van der Waals surface area (Å²) in [5, 5.41) is 3.11. The summed E-state index contributed by atoms with van der Waals surface area (Å²) in [6.45, 7) is 3.47. The van der Waals surface area contributed by atoms with Crippen molar-refractivity contribution in [2.75, 3.05) is 24.2 Å². The molecular weight excluding hydrogens is 478 g/mol. The minimum absolute atomic E-state index is 0.111. The van der Waals surface area contributed by atoms with Gasteiger partial charge in [0.1, 0.15) is 18.3 Å². The molecule has 0 saturated heterocycles. The Kier molecular flexibility index (Phi) is 9.37. The second-order valence-corrected chi connectivity index (χ2v) is 11.3. The molecule has 36 heavy (non-hydrogen) atoms. The van der Waals surface area contributed by atoms with Crippen molar-refractivity contribution in [1.82, 2.24) is 10.2 Å². The summed E-state index contributed by atoms with van der Waals surface area (Å²) in [4.78, 5) is 28.6. The van der Waals surface area contributed by atoms with Gasteiger partial charge < -0.3 is 15.0 Å². The van der Waals surface area contributed by atoms with E-state index in [1.807, 2.05) is 44.2 Å². The van der Waals surface area contributed by atoms with Crippen LogP contribution in [0.5, 0.6) is 5.75 Å². The van der Waals surface area contributed by atoms with E-state index in [0.717, 1.165) is 47.4 Å². The summed E-state index contributed by atoms with van der Waals surface area (Å²) in [6.07, 6.45) is 5.50. The average molecular weight is 516 g/mol. The maximum atomic E-state index is 13.8. The second kappa shape index (κ2) is 12.3. The molecule has 1 aliphatic carbocycles. The molecule has 2 amide bonds. The zero-order chi connectivity index (χ0) is 26.3. The lowest BCUT2D eigenvalue weighted by atomic mass is 10.1. The van der Waals surface area contributed by atoms with Crippen LogP contribution in [0.2, 0.25) is 0 Å². The zero-order valence-corrected chi connectivity index (χ0v) is 22.4. The molecule has 9 heteroatoms. The van der Waals surface area contributed by atoms with Gasteiger partial charge >= 0.3 is 0 Å². The Bertz CT molecular complexity index is 1160. The Hall–Kier alpha value is -3.07. The van der Waals surface area contributed by atoms with Crippen molar-refractivity contribution in [3.63, 3.8) is 0 Å². The summed E-state index contributed by atoms with van der Waals surface area (Å²) in [6, 6.07) is 13.7. The lowest BCUT2D eigenvalue weighted by Crippen LogP contribution is -2.53. The molecule has 0 heterocycles. The van der Waals surface area contributed by atoms with E-state index >= 15 is 0 Å². The maximum absolute atomic E-state index is 13.8. The highest BCUT2D eigenvalue weighted by atomic mass is 32.2. The van der Waals surface area contributed by atoms with Gasteiger partial charge in [0.25, 0.3) is 0 Å². The fraction of sp³-hybridized carbons (Fsp3) is 0.481. The lowest BCUT2D eigenvalue weighted by molar-refractivity contribution is -0.140. The largest absolute Gasteiger partial charge is 0.497 e. The number of sulfonamides is 1. The minimum atomic E-state index is -3.75. The standard InChI is InChI=1S/C27H37N3O5S/c1-5-25(27(32)28-22-12-6-7-13-22)29(18-21-11-9-15-24(17-21)35-3)26(31)19-30(36(4,33)34)23-14-8-10-20(2)16-23/h8-11,14-17,22,25H,5-7,12-13,18-19H2,1-4H3,(H,28,32). The number of ether oxygens (including phenoxy) is 1. The van der Waals surface area contributed by atoms with Crippen molar-refractivity contribution in [1.29, 1.82) is 0 Å². The van der Waals surface area contributed by atoms with Crippen molar-refractivity contribution in [3.05, 3.63) is 59.7 Å². The number of hydrogen-bond donors (Lipinski definition) is 1. The topological polar surface area (TPSA) is 96.0 Å². The highest BCUT2D eigenvalue weighted by Gasteiger charge is 2.33. The highest BCUT2D eigenvalue weighted by Crippen LogP contribution is 2.23. The third-order valence-electron chi connectivity index (χ3n) is 6.54. The van der Waals surface area contributed by atoms with E-state index in [1.165, 1.54) is 4.90 Å². The molecule has 1 fully saturated rings. The monoisotopic (exact) mass is 515 g/mol. The summed E-state index contributed by atoms with van der Waals surface area (Å²) < 4.78 is 31.8. The van der Waals surface area contributed by atoms with E-state index in [4.69, 9.17) is 4.74 Å². The molecule has 0 radical (unpaired) electrons. The lowest BCUT2D eigenvalue weighted by Gasteiger charge is -2.33. The molecule has 1 atom stereocenters. The summed E-state index contributed by atoms with van der Waals surface area (Å²) >= 11 is 0. The molecule has 2 aromatic carbocycles. The van der Waals surface area contributed by atoms with Gasteiger partial charge in [0.2, 0.25) is 21.8 Å². The van der Waals surface area contributed by atoms with Crippen LogP contribution in [0.3, 0.4) is 0 Å². The first-order valence-electron chi connectivity index (χ1n) is 12.4. The smallest absolute Gasteiger partial charge is 0.244 e. The Balaban J connectivity index is 1.93. The Labute approximate surface area is 214 Å². The predicted molar refractivity (Wildman–Crippen MR) is 141 cm³/mol. The van der Waals surface area contributed by atoms with E-state index in [1.54, 1.807) is 25.3 Å². The van der Waals surface area contributed by atoms with Crippen LogP contribution >= 0.6 is 0 Å². The number of aryl methyl sites for hydroxylation is 1. The van der Waals surface area contributed by atoms with Gasteiger partial charge in [-0.1, -0.05) is 44.0 Å². The van der Waals surface area contributed by atoms with Gasteiger partial charge in [-0.2, -0.15) is 0 Å². The fourth-order valence-electron chi connectivity index (χ4n) is 4.65. The van der Waals surface area contributed by atoms with E-state index in [0.29, 0.717) is 17.9 Å². The van der Waals surface area contributed by atoms with Crippen LogP contribution in [0.1, 0.15) is 50.2 Å². The van der Waals surface area contributed by atoms with Gasteiger partial charge in [-0.3, -0.25) is 13.9 Å². The van der Waals surface area contributed by atoms with Crippen molar-refractivity contribution in [2.45, 2.75) is 64.6 Å². The molecule has 8 nitrogen and oxygen atoms in total. The SMILES string of the molecule is CCC(C(=O)NC1CCCC1)N(Cc1cccc(OC)c1)C(=O)CN(c1cccc(C)c1)S(C)(=O)=O. The average Bonchev–Trinajstić information content (AvgIpc) is 3.34. The highest BCUT2D eigenvalue weighted by molar-refractivity contribution is 7.92. The van der Waals surface area contributed by atoms with Crippen molar-refractivity contribution >= 4 is 27.5 Å². The first kappa shape index (κ1) is 27.5. The van der Waals surface area contributed by atoms with Gasteiger partial charge in [-0.05, 0) is 61.6 Å². The number of nitrogens with zero attached hydrogens (tertiary/aromatic N) is 2. The van der Waals surface area contributed by atoms with Gasteiger partial charge in [-0.25, -0.2) is 8.42 Å². The number of rotatable bonds is 11. The Morgan fingerprint density at radius 3 is 2.42 bits per heavy atom. The molecule has 0 bridgehead atoms. The van der Waals surface area contributed by atoms with E-state index in [9.17, 15) is 18.0 Å². The van der Waals surface area contributed by atoms with Crippen LogP contribution in [-0.2, 0) is 26.2 Å². The van der Waals surface area contributed by atoms with Gasteiger partial charge in [0, 0.05) is 12.6 Å². The molecule has 2 aromatic rings. The normalized spacial score (nSPS) is 14.8. The van der Waals surface area contributed by atoms with Crippen molar-refractivity contribution in [3.8, 4) is 5.75 Å². The molecule has 0 aliphatic heterocycles. The maximum Gasteiger partial charge on any atom is 0.244 e. The van der Waals surface area contributed by atoms with Gasteiger partial charge in [0.05, 0.1) is 19.1 Å². The first-order chi connectivity index (χ1) is 17.1. The molecule has 1 unspecified atom stereocenters. The molecule has 1 aliphatic rings. The summed E-state index contributed by atoms with van der Waals surface area (Å²) in [5.41, 5.74) is 2.08. The van der Waals surface area contributed by atoms with Crippen LogP contribution in [0, 0.1) is 6.92 Å². The number of methoxy groups -OCH3 is 1. The van der Waals surface area contributed by atoms with Crippen molar-refractivity contribution < 1.29 is 22.7 Å². The zero-order valence-electron chi connectivity index (χ0n) is 21.6. The number of benzene rings is 2.